The van der Waals surface area contributed by atoms with Crippen molar-refractivity contribution in [3.63, 3.8) is 0 Å². The van der Waals surface area contributed by atoms with Crippen LogP contribution in [0.4, 0.5) is 0 Å². The second kappa shape index (κ2) is 4.58. The second-order valence-corrected chi connectivity index (χ2v) is 5.18. The van der Waals surface area contributed by atoms with Gasteiger partial charge in [0.25, 0.3) is 0 Å². The summed E-state index contributed by atoms with van der Waals surface area (Å²) in [5, 5.41) is 0.692. The molecule has 2 heterocycles. The van der Waals surface area contributed by atoms with Gasteiger partial charge in [-0.05, 0) is 12.1 Å². The molecular weight excluding hydrogens is 262 g/mol. The van der Waals surface area contributed by atoms with E-state index in [1.165, 1.54) is 11.8 Å². The van der Waals surface area contributed by atoms with Gasteiger partial charge in [0, 0.05) is 6.42 Å². The number of fused-ring (bicyclic) bond motifs is 2. The quantitative estimate of drug-likeness (QED) is 0.629. The van der Waals surface area contributed by atoms with Gasteiger partial charge in [-0.3, -0.25) is 4.79 Å². The van der Waals surface area contributed by atoms with E-state index in [4.69, 9.17) is 5.73 Å². The number of aromatic amines is 2. The first-order valence-electron chi connectivity index (χ1n) is 5.95. The Morgan fingerprint density at radius 1 is 1.26 bits per heavy atom. The number of H-pyrrole nitrogens is 2. The number of amides is 1. The maximum atomic E-state index is 10.8. The van der Waals surface area contributed by atoms with Gasteiger partial charge in [0.05, 0.1) is 27.8 Å². The van der Waals surface area contributed by atoms with Crippen LogP contribution in [0.2, 0.25) is 0 Å². The van der Waals surface area contributed by atoms with Gasteiger partial charge in [0.15, 0.2) is 5.16 Å². The molecule has 7 heteroatoms. The average Bonchev–Trinajstić information content (AvgIpc) is 2.94. The van der Waals surface area contributed by atoms with Crippen molar-refractivity contribution in [2.24, 2.45) is 5.73 Å². The molecule has 3 aromatic rings. The molecule has 0 aliphatic heterocycles. The Morgan fingerprint density at radius 2 is 2.00 bits per heavy atom. The van der Waals surface area contributed by atoms with E-state index in [-0.39, 0.29) is 11.7 Å². The third-order valence-corrected chi connectivity index (χ3v) is 3.69. The van der Waals surface area contributed by atoms with Crippen LogP contribution in [0.3, 0.4) is 0 Å². The summed E-state index contributed by atoms with van der Waals surface area (Å²) in [6.07, 6.45) is 0.871. The Bertz CT molecular complexity index is 709. The summed E-state index contributed by atoms with van der Waals surface area (Å²) in [7, 11) is 0. The number of hydrogen-bond donors (Lipinski definition) is 3. The molecule has 0 aliphatic carbocycles. The molecule has 2 aromatic heterocycles. The van der Waals surface area contributed by atoms with Gasteiger partial charge in [-0.1, -0.05) is 18.7 Å². The number of benzene rings is 1. The van der Waals surface area contributed by atoms with Gasteiger partial charge in [-0.15, -0.1) is 0 Å². The zero-order valence-electron chi connectivity index (χ0n) is 10.4. The van der Waals surface area contributed by atoms with Crippen LogP contribution >= 0.6 is 11.8 Å². The van der Waals surface area contributed by atoms with Crippen LogP contribution < -0.4 is 5.73 Å². The SMILES string of the molecule is CCc1nc2cc3nc(SCC(N)=O)[nH]c3cc2[nH]1. The summed E-state index contributed by atoms with van der Waals surface area (Å²) in [4.78, 5) is 26.1. The summed E-state index contributed by atoms with van der Waals surface area (Å²) >= 11 is 1.30. The fourth-order valence-corrected chi connectivity index (χ4v) is 2.54. The van der Waals surface area contributed by atoms with Gasteiger partial charge >= 0.3 is 0 Å². The van der Waals surface area contributed by atoms with E-state index in [1.54, 1.807) is 0 Å². The van der Waals surface area contributed by atoms with Crippen molar-refractivity contribution in [3.05, 3.63) is 18.0 Å². The number of thioether (sulfide) groups is 1. The fraction of sp³-hybridized carbons (Fsp3) is 0.250. The Balaban J connectivity index is 2.01. The summed E-state index contributed by atoms with van der Waals surface area (Å²) < 4.78 is 0. The predicted molar refractivity (Wildman–Crippen MR) is 75.0 cm³/mol. The standard InChI is InChI=1S/C12H13N5OS/c1-2-11-14-6-3-8-9(4-7(6)15-11)17-12(16-8)19-5-10(13)18/h3-4H,2,5H2,1H3,(H2,13,18)(H,14,15)(H,16,17). The third kappa shape index (κ3) is 2.28. The van der Waals surface area contributed by atoms with E-state index in [1.807, 2.05) is 12.1 Å². The molecule has 0 saturated carbocycles. The van der Waals surface area contributed by atoms with Crippen molar-refractivity contribution in [2.75, 3.05) is 5.75 Å². The minimum atomic E-state index is -0.355. The van der Waals surface area contributed by atoms with Crippen molar-refractivity contribution in [1.82, 2.24) is 19.9 Å². The van der Waals surface area contributed by atoms with E-state index >= 15 is 0 Å². The minimum Gasteiger partial charge on any atom is -0.369 e. The van der Waals surface area contributed by atoms with Gasteiger partial charge in [0.1, 0.15) is 5.82 Å². The van der Waals surface area contributed by atoms with Gasteiger partial charge in [0.2, 0.25) is 5.91 Å². The van der Waals surface area contributed by atoms with E-state index in [0.29, 0.717) is 5.16 Å². The molecule has 1 amide bonds. The van der Waals surface area contributed by atoms with Crippen LogP contribution in [0.1, 0.15) is 12.7 Å². The summed E-state index contributed by atoms with van der Waals surface area (Å²) in [6.45, 7) is 2.06. The lowest BCUT2D eigenvalue weighted by molar-refractivity contribution is -0.115. The Labute approximate surface area is 113 Å². The molecular formula is C12H13N5OS. The maximum Gasteiger partial charge on any atom is 0.227 e. The van der Waals surface area contributed by atoms with E-state index < -0.39 is 0 Å². The highest BCUT2D eigenvalue weighted by Crippen LogP contribution is 2.23. The van der Waals surface area contributed by atoms with Gasteiger partial charge < -0.3 is 15.7 Å². The van der Waals surface area contributed by atoms with E-state index in [2.05, 4.69) is 26.9 Å². The number of nitrogens with zero attached hydrogens (tertiary/aromatic N) is 2. The molecule has 6 nitrogen and oxygen atoms in total. The number of hydrogen-bond acceptors (Lipinski definition) is 4. The molecule has 0 saturated heterocycles. The summed E-state index contributed by atoms with van der Waals surface area (Å²) in [5.41, 5.74) is 8.77. The van der Waals surface area contributed by atoms with E-state index in [9.17, 15) is 4.79 Å². The van der Waals surface area contributed by atoms with E-state index in [0.717, 1.165) is 34.3 Å². The first-order chi connectivity index (χ1) is 9.15. The smallest absolute Gasteiger partial charge is 0.227 e. The van der Waals surface area contributed by atoms with Crippen LogP contribution in [-0.4, -0.2) is 31.6 Å². The Kier molecular flexibility index (Phi) is 2.90. The zero-order valence-corrected chi connectivity index (χ0v) is 11.2. The maximum absolute atomic E-state index is 10.8. The van der Waals surface area contributed by atoms with Crippen molar-refractivity contribution in [3.8, 4) is 0 Å². The number of aromatic nitrogens is 4. The summed E-state index contributed by atoms with van der Waals surface area (Å²) in [6, 6.07) is 3.92. The van der Waals surface area contributed by atoms with Crippen LogP contribution in [0.15, 0.2) is 17.3 Å². The molecule has 98 valence electrons. The first-order valence-corrected chi connectivity index (χ1v) is 6.93. The number of rotatable bonds is 4. The molecule has 0 aliphatic rings. The van der Waals surface area contributed by atoms with Crippen LogP contribution in [0.25, 0.3) is 22.1 Å². The minimum absolute atomic E-state index is 0.218. The van der Waals surface area contributed by atoms with Crippen LogP contribution in [0, 0.1) is 0 Å². The molecule has 19 heavy (non-hydrogen) atoms. The highest BCUT2D eigenvalue weighted by atomic mass is 32.2. The van der Waals surface area contributed by atoms with Crippen LogP contribution in [0.5, 0.6) is 0 Å². The topological polar surface area (TPSA) is 100 Å². The molecule has 0 spiro atoms. The molecule has 0 fully saturated rings. The number of aryl methyl sites for hydroxylation is 1. The van der Waals surface area contributed by atoms with Gasteiger partial charge in [-0.25, -0.2) is 9.97 Å². The van der Waals surface area contributed by atoms with Crippen molar-refractivity contribution in [2.45, 2.75) is 18.5 Å². The number of carbonyl (C=O) groups excluding carboxylic acids is 1. The zero-order chi connectivity index (χ0) is 13.4. The molecule has 0 unspecified atom stereocenters. The third-order valence-electron chi connectivity index (χ3n) is 2.80. The highest BCUT2D eigenvalue weighted by molar-refractivity contribution is 7.99. The second-order valence-electron chi connectivity index (χ2n) is 4.22. The first kappa shape index (κ1) is 12.0. The molecule has 0 bridgehead atoms. The largest absolute Gasteiger partial charge is 0.369 e. The summed E-state index contributed by atoms with van der Waals surface area (Å²) in [5.74, 6) is 0.827. The molecule has 4 N–H and O–H groups in total. The average molecular weight is 275 g/mol. The van der Waals surface area contributed by atoms with Gasteiger partial charge in [-0.2, -0.15) is 0 Å². The molecule has 1 aromatic carbocycles. The van der Waals surface area contributed by atoms with Crippen molar-refractivity contribution in [1.29, 1.82) is 0 Å². The number of imidazole rings is 2. The Morgan fingerprint density at radius 3 is 2.74 bits per heavy atom. The number of carbonyl (C=O) groups is 1. The number of primary amides is 1. The molecule has 0 radical (unpaired) electrons. The number of nitrogens with one attached hydrogen (secondary N) is 2. The molecule has 0 atom stereocenters. The predicted octanol–water partition coefficient (Wildman–Crippen LogP) is 1.58. The lowest BCUT2D eigenvalue weighted by Gasteiger charge is -1.90. The Hall–Kier alpha value is -2.02. The van der Waals surface area contributed by atoms with Crippen molar-refractivity contribution >= 4 is 39.7 Å². The van der Waals surface area contributed by atoms with Crippen molar-refractivity contribution < 1.29 is 4.79 Å². The fourth-order valence-electron chi connectivity index (χ4n) is 1.92. The molecule has 3 rings (SSSR count). The number of nitrogens with two attached hydrogens (primary N) is 1. The highest BCUT2D eigenvalue weighted by Gasteiger charge is 2.08. The normalized spacial score (nSPS) is 11.4. The lowest BCUT2D eigenvalue weighted by Crippen LogP contribution is -2.13. The monoisotopic (exact) mass is 275 g/mol. The van der Waals surface area contributed by atoms with Crippen LogP contribution in [-0.2, 0) is 11.2 Å². The lowest BCUT2D eigenvalue weighted by atomic mass is 10.3.